The SMILES string of the molecule is CN(Cc1cc(-c2ccccc2)on1)C1CNC1. The predicted octanol–water partition coefficient (Wildman–Crippen LogP) is 1.75. The second kappa shape index (κ2) is 4.92. The number of likely N-dealkylation sites (N-methyl/N-ethyl adjacent to an activating group) is 1. The highest BCUT2D eigenvalue weighted by Crippen LogP contribution is 2.20. The molecule has 1 aromatic heterocycles. The van der Waals surface area contributed by atoms with Crippen LogP contribution in [0.25, 0.3) is 11.3 Å². The van der Waals surface area contributed by atoms with Gasteiger partial charge in [-0.3, -0.25) is 4.90 Å². The molecule has 4 nitrogen and oxygen atoms in total. The summed E-state index contributed by atoms with van der Waals surface area (Å²) < 4.78 is 5.39. The molecule has 0 saturated carbocycles. The topological polar surface area (TPSA) is 41.3 Å². The number of benzene rings is 1. The molecule has 0 aliphatic carbocycles. The van der Waals surface area contributed by atoms with Gasteiger partial charge in [0.05, 0.1) is 5.69 Å². The Labute approximate surface area is 107 Å². The molecular weight excluding hydrogens is 226 g/mol. The molecule has 18 heavy (non-hydrogen) atoms. The van der Waals surface area contributed by atoms with Crippen LogP contribution < -0.4 is 5.32 Å². The van der Waals surface area contributed by atoms with E-state index in [-0.39, 0.29) is 0 Å². The van der Waals surface area contributed by atoms with Crippen molar-refractivity contribution in [3.8, 4) is 11.3 Å². The smallest absolute Gasteiger partial charge is 0.167 e. The van der Waals surface area contributed by atoms with Gasteiger partial charge >= 0.3 is 0 Å². The summed E-state index contributed by atoms with van der Waals surface area (Å²) in [6.07, 6.45) is 0. The van der Waals surface area contributed by atoms with Gasteiger partial charge in [-0.1, -0.05) is 35.5 Å². The summed E-state index contributed by atoms with van der Waals surface area (Å²) in [5.41, 5.74) is 2.06. The monoisotopic (exact) mass is 243 g/mol. The van der Waals surface area contributed by atoms with Crippen molar-refractivity contribution < 1.29 is 4.52 Å². The van der Waals surface area contributed by atoms with Crippen molar-refractivity contribution in [3.63, 3.8) is 0 Å². The highest BCUT2D eigenvalue weighted by atomic mass is 16.5. The van der Waals surface area contributed by atoms with Gasteiger partial charge in [0.15, 0.2) is 5.76 Å². The largest absolute Gasteiger partial charge is 0.356 e. The number of aromatic nitrogens is 1. The Balaban J connectivity index is 1.69. The number of hydrogen-bond acceptors (Lipinski definition) is 4. The molecule has 2 heterocycles. The van der Waals surface area contributed by atoms with Gasteiger partial charge in [-0.05, 0) is 7.05 Å². The van der Waals surface area contributed by atoms with E-state index >= 15 is 0 Å². The van der Waals surface area contributed by atoms with Crippen LogP contribution in [0.4, 0.5) is 0 Å². The average molecular weight is 243 g/mol. The van der Waals surface area contributed by atoms with Crippen LogP contribution in [0, 0.1) is 0 Å². The number of nitrogens with zero attached hydrogens (tertiary/aromatic N) is 2. The van der Waals surface area contributed by atoms with Gasteiger partial charge in [-0.15, -0.1) is 0 Å². The minimum absolute atomic E-state index is 0.627. The number of hydrogen-bond donors (Lipinski definition) is 1. The zero-order valence-corrected chi connectivity index (χ0v) is 10.5. The molecule has 0 atom stereocenters. The summed E-state index contributed by atoms with van der Waals surface area (Å²) in [5, 5.41) is 7.41. The summed E-state index contributed by atoms with van der Waals surface area (Å²) in [4.78, 5) is 2.31. The minimum Gasteiger partial charge on any atom is -0.356 e. The lowest BCUT2D eigenvalue weighted by Crippen LogP contribution is -2.55. The fraction of sp³-hybridized carbons (Fsp3) is 0.357. The molecule has 1 aliphatic heterocycles. The van der Waals surface area contributed by atoms with Crippen LogP contribution in [-0.4, -0.2) is 36.2 Å². The fourth-order valence-corrected chi connectivity index (χ4v) is 2.09. The van der Waals surface area contributed by atoms with E-state index in [4.69, 9.17) is 4.52 Å². The lowest BCUT2D eigenvalue weighted by molar-refractivity contribution is 0.169. The zero-order chi connectivity index (χ0) is 12.4. The Morgan fingerprint density at radius 3 is 2.78 bits per heavy atom. The van der Waals surface area contributed by atoms with Crippen molar-refractivity contribution in [2.75, 3.05) is 20.1 Å². The van der Waals surface area contributed by atoms with Crippen LogP contribution >= 0.6 is 0 Å². The van der Waals surface area contributed by atoms with Crippen molar-refractivity contribution in [2.45, 2.75) is 12.6 Å². The summed E-state index contributed by atoms with van der Waals surface area (Å²) in [6.45, 7) is 2.97. The minimum atomic E-state index is 0.627. The van der Waals surface area contributed by atoms with Crippen LogP contribution in [0.5, 0.6) is 0 Å². The number of nitrogens with one attached hydrogen (secondary N) is 1. The third kappa shape index (κ3) is 2.30. The van der Waals surface area contributed by atoms with E-state index in [2.05, 4.69) is 22.4 Å². The third-order valence-electron chi connectivity index (χ3n) is 3.41. The molecule has 1 saturated heterocycles. The highest BCUT2D eigenvalue weighted by Gasteiger charge is 2.22. The summed E-state index contributed by atoms with van der Waals surface area (Å²) in [7, 11) is 2.13. The first-order valence-corrected chi connectivity index (χ1v) is 6.25. The number of rotatable bonds is 4. The molecule has 1 N–H and O–H groups in total. The van der Waals surface area contributed by atoms with Gasteiger partial charge < -0.3 is 9.84 Å². The first kappa shape index (κ1) is 11.4. The van der Waals surface area contributed by atoms with Crippen LogP contribution in [0.15, 0.2) is 40.9 Å². The van der Waals surface area contributed by atoms with Gasteiger partial charge in [0, 0.05) is 37.3 Å². The quantitative estimate of drug-likeness (QED) is 0.888. The van der Waals surface area contributed by atoms with Crippen molar-refractivity contribution >= 4 is 0 Å². The Kier molecular flexibility index (Phi) is 3.13. The lowest BCUT2D eigenvalue weighted by Gasteiger charge is -2.35. The van der Waals surface area contributed by atoms with Crippen molar-refractivity contribution in [1.82, 2.24) is 15.4 Å². The first-order valence-electron chi connectivity index (χ1n) is 6.25. The lowest BCUT2D eigenvalue weighted by atomic mass is 10.1. The molecule has 1 fully saturated rings. The average Bonchev–Trinajstić information content (AvgIpc) is 2.76. The van der Waals surface area contributed by atoms with E-state index in [9.17, 15) is 0 Å². The Hall–Kier alpha value is -1.65. The second-order valence-electron chi connectivity index (χ2n) is 4.78. The van der Waals surface area contributed by atoms with E-state index in [0.717, 1.165) is 36.7 Å². The maximum atomic E-state index is 5.39. The van der Waals surface area contributed by atoms with Gasteiger partial charge in [-0.25, -0.2) is 0 Å². The summed E-state index contributed by atoms with van der Waals surface area (Å²) in [5.74, 6) is 0.839. The molecular formula is C14H17N3O. The molecule has 2 aromatic rings. The molecule has 4 heteroatoms. The van der Waals surface area contributed by atoms with Crippen molar-refractivity contribution in [3.05, 3.63) is 42.1 Å². The molecule has 0 spiro atoms. The highest BCUT2D eigenvalue weighted by molar-refractivity contribution is 5.56. The van der Waals surface area contributed by atoms with Crippen LogP contribution in [0.2, 0.25) is 0 Å². The van der Waals surface area contributed by atoms with E-state index < -0.39 is 0 Å². The van der Waals surface area contributed by atoms with E-state index in [1.54, 1.807) is 0 Å². The Morgan fingerprint density at radius 2 is 2.11 bits per heavy atom. The molecule has 0 unspecified atom stereocenters. The molecule has 94 valence electrons. The zero-order valence-electron chi connectivity index (χ0n) is 10.5. The molecule has 0 radical (unpaired) electrons. The van der Waals surface area contributed by atoms with Crippen molar-refractivity contribution in [2.24, 2.45) is 0 Å². The maximum absolute atomic E-state index is 5.39. The van der Waals surface area contributed by atoms with Crippen molar-refractivity contribution in [1.29, 1.82) is 0 Å². The van der Waals surface area contributed by atoms with E-state index in [1.807, 2.05) is 36.4 Å². The maximum Gasteiger partial charge on any atom is 0.167 e. The molecule has 1 aliphatic rings. The van der Waals surface area contributed by atoms with Gasteiger partial charge in [0.2, 0.25) is 0 Å². The fourth-order valence-electron chi connectivity index (χ4n) is 2.09. The van der Waals surface area contributed by atoms with Gasteiger partial charge in [-0.2, -0.15) is 0 Å². The Morgan fingerprint density at radius 1 is 1.33 bits per heavy atom. The first-order chi connectivity index (χ1) is 8.83. The second-order valence-corrected chi connectivity index (χ2v) is 4.78. The molecule has 0 bridgehead atoms. The molecule has 0 amide bonds. The normalized spacial score (nSPS) is 15.9. The van der Waals surface area contributed by atoms with Crippen LogP contribution in [0.3, 0.4) is 0 Å². The van der Waals surface area contributed by atoms with E-state index in [0.29, 0.717) is 6.04 Å². The molecule has 1 aromatic carbocycles. The summed E-state index contributed by atoms with van der Waals surface area (Å²) in [6, 6.07) is 12.7. The van der Waals surface area contributed by atoms with E-state index in [1.165, 1.54) is 0 Å². The van der Waals surface area contributed by atoms with Crippen LogP contribution in [-0.2, 0) is 6.54 Å². The van der Waals surface area contributed by atoms with Crippen LogP contribution in [0.1, 0.15) is 5.69 Å². The standard InChI is InChI=1S/C14H17N3O/c1-17(13-8-15-9-13)10-12-7-14(18-16-12)11-5-3-2-4-6-11/h2-7,13,15H,8-10H2,1H3. The van der Waals surface area contributed by atoms with Gasteiger partial charge in [0.25, 0.3) is 0 Å². The predicted molar refractivity (Wildman–Crippen MR) is 70.1 cm³/mol. The third-order valence-corrected chi connectivity index (χ3v) is 3.41. The Bertz CT molecular complexity index is 505. The molecule has 3 rings (SSSR count). The van der Waals surface area contributed by atoms with Gasteiger partial charge in [0.1, 0.15) is 0 Å². The summed E-state index contributed by atoms with van der Waals surface area (Å²) >= 11 is 0.